The summed E-state index contributed by atoms with van der Waals surface area (Å²) < 4.78 is 33.7. The second kappa shape index (κ2) is 6.71. The van der Waals surface area contributed by atoms with E-state index in [1.165, 1.54) is 18.2 Å². The number of fused-ring (bicyclic) bond motifs is 1. The van der Waals surface area contributed by atoms with Gasteiger partial charge in [0.2, 0.25) is 5.91 Å². The first-order chi connectivity index (χ1) is 12.5. The van der Waals surface area contributed by atoms with Gasteiger partial charge in [0.25, 0.3) is 0 Å². The zero-order valence-corrected chi connectivity index (χ0v) is 14.6. The van der Waals surface area contributed by atoms with E-state index in [1.54, 1.807) is 19.1 Å². The van der Waals surface area contributed by atoms with E-state index in [0.29, 0.717) is 29.8 Å². The Kier molecular flexibility index (Phi) is 4.39. The van der Waals surface area contributed by atoms with Gasteiger partial charge in [-0.1, -0.05) is 12.5 Å². The maximum absolute atomic E-state index is 14.1. The van der Waals surface area contributed by atoms with Gasteiger partial charge in [0.15, 0.2) is 0 Å². The summed E-state index contributed by atoms with van der Waals surface area (Å²) in [7, 11) is 0. The lowest BCUT2D eigenvalue weighted by atomic mass is 9.85. The van der Waals surface area contributed by atoms with Gasteiger partial charge in [-0.25, -0.2) is 8.78 Å². The summed E-state index contributed by atoms with van der Waals surface area (Å²) >= 11 is 0. The average molecular weight is 357 g/mol. The Morgan fingerprint density at radius 1 is 1.23 bits per heavy atom. The molecule has 26 heavy (non-hydrogen) atoms. The van der Waals surface area contributed by atoms with Gasteiger partial charge in [0.1, 0.15) is 23.5 Å². The fourth-order valence-electron chi connectivity index (χ4n) is 3.56. The number of ether oxygens (including phenoxy) is 1. The van der Waals surface area contributed by atoms with Crippen molar-refractivity contribution in [3.05, 3.63) is 53.1 Å². The van der Waals surface area contributed by atoms with E-state index in [-0.39, 0.29) is 29.6 Å². The van der Waals surface area contributed by atoms with Crippen LogP contribution in [-0.4, -0.2) is 18.6 Å². The molecule has 5 heteroatoms. The van der Waals surface area contributed by atoms with Crippen molar-refractivity contribution >= 4 is 5.91 Å². The van der Waals surface area contributed by atoms with E-state index in [4.69, 9.17) is 4.74 Å². The molecule has 2 aromatic carbocycles. The first-order valence-electron chi connectivity index (χ1n) is 9.04. The number of carbonyl (C=O) groups excluding carboxylic acids is 1. The fraction of sp³-hybridized carbons (Fsp3) is 0.381. The molecular weight excluding hydrogens is 336 g/mol. The highest BCUT2D eigenvalue weighted by Gasteiger charge is 2.29. The maximum atomic E-state index is 14.1. The highest BCUT2D eigenvalue weighted by atomic mass is 19.1. The lowest BCUT2D eigenvalue weighted by Crippen LogP contribution is -2.40. The number of benzene rings is 2. The number of hydrogen-bond donors (Lipinski definition) is 1. The topological polar surface area (TPSA) is 38.3 Å². The third kappa shape index (κ3) is 3.18. The van der Waals surface area contributed by atoms with Gasteiger partial charge < -0.3 is 10.1 Å². The van der Waals surface area contributed by atoms with Crippen LogP contribution in [0, 0.1) is 24.5 Å². The minimum atomic E-state index is -0.344. The van der Waals surface area contributed by atoms with Crippen LogP contribution in [0.4, 0.5) is 8.78 Å². The van der Waals surface area contributed by atoms with Crippen molar-refractivity contribution in [2.24, 2.45) is 5.92 Å². The average Bonchev–Trinajstić information content (AvgIpc) is 2.96. The van der Waals surface area contributed by atoms with Crippen molar-refractivity contribution in [2.45, 2.75) is 38.7 Å². The Balaban J connectivity index is 1.53. The van der Waals surface area contributed by atoms with E-state index < -0.39 is 0 Å². The molecule has 4 rings (SSSR count). The van der Waals surface area contributed by atoms with Crippen LogP contribution >= 0.6 is 0 Å². The number of halogens is 2. The Bertz CT molecular complexity index is 861. The van der Waals surface area contributed by atoms with E-state index >= 15 is 0 Å². The summed E-state index contributed by atoms with van der Waals surface area (Å²) in [4.78, 5) is 12.0. The highest BCUT2D eigenvalue weighted by Crippen LogP contribution is 2.40. The second-order valence-electron chi connectivity index (χ2n) is 7.22. The molecule has 136 valence electrons. The fourth-order valence-corrected chi connectivity index (χ4v) is 3.56. The number of aryl methyl sites for hydroxylation is 1. The molecule has 0 unspecified atom stereocenters. The van der Waals surface area contributed by atoms with Crippen LogP contribution in [0.2, 0.25) is 0 Å². The maximum Gasteiger partial charge on any atom is 0.223 e. The number of amides is 1. The van der Waals surface area contributed by atoms with Crippen molar-refractivity contribution in [1.29, 1.82) is 0 Å². The number of nitrogens with one attached hydrogen (secondary N) is 1. The van der Waals surface area contributed by atoms with Gasteiger partial charge in [-0.15, -0.1) is 0 Å². The Morgan fingerprint density at radius 2 is 2.04 bits per heavy atom. The summed E-state index contributed by atoms with van der Waals surface area (Å²) in [5, 5.41) is 2.94. The zero-order chi connectivity index (χ0) is 18.3. The predicted molar refractivity (Wildman–Crippen MR) is 95.0 cm³/mol. The molecule has 1 aliphatic carbocycles. The van der Waals surface area contributed by atoms with Gasteiger partial charge in [-0.05, 0) is 55.2 Å². The Morgan fingerprint density at radius 3 is 2.73 bits per heavy atom. The molecule has 0 saturated heterocycles. The molecule has 0 spiro atoms. The molecule has 2 aromatic rings. The van der Waals surface area contributed by atoms with Gasteiger partial charge in [0.05, 0.1) is 6.54 Å². The number of rotatable bonds is 4. The van der Waals surface area contributed by atoms with Crippen LogP contribution in [0.15, 0.2) is 30.3 Å². The normalized spacial score (nSPS) is 18.8. The van der Waals surface area contributed by atoms with Gasteiger partial charge in [-0.2, -0.15) is 0 Å². The van der Waals surface area contributed by atoms with Crippen molar-refractivity contribution < 1.29 is 18.3 Å². The minimum Gasteiger partial charge on any atom is -0.487 e. The molecule has 1 saturated carbocycles. The van der Waals surface area contributed by atoms with Crippen LogP contribution in [0.5, 0.6) is 5.75 Å². The first-order valence-corrected chi connectivity index (χ1v) is 9.04. The van der Waals surface area contributed by atoms with Gasteiger partial charge >= 0.3 is 0 Å². The smallest absolute Gasteiger partial charge is 0.223 e. The molecule has 1 atom stereocenters. The van der Waals surface area contributed by atoms with E-state index in [9.17, 15) is 13.6 Å². The quantitative estimate of drug-likeness (QED) is 0.892. The molecular formula is C21H21F2NO2. The van der Waals surface area contributed by atoms with Crippen molar-refractivity contribution in [3.8, 4) is 16.9 Å². The lowest BCUT2D eigenvalue weighted by molar-refractivity contribution is -0.127. The Labute approximate surface area is 151 Å². The van der Waals surface area contributed by atoms with E-state index in [0.717, 1.165) is 30.4 Å². The monoisotopic (exact) mass is 357 g/mol. The zero-order valence-electron chi connectivity index (χ0n) is 14.6. The van der Waals surface area contributed by atoms with Gasteiger partial charge in [-0.3, -0.25) is 4.79 Å². The van der Waals surface area contributed by atoms with Crippen molar-refractivity contribution in [3.63, 3.8) is 0 Å². The van der Waals surface area contributed by atoms with E-state index in [2.05, 4.69) is 5.32 Å². The molecule has 1 N–H and O–H groups in total. The molecule has 3 nitrogen and oxygen atoms in total. The van der Waals surface area contributed by atoms with Crippen molar-refractivity contribution in [2.75, 3.05) is 6.54 Å². The lowest BCUT2D eigenvalue weighted by Gasteiger charge is -2.24. The third-order valence-electron chi connectivity index (χ3n) is 5.31. The van der Waals surface area contributed by atoms with Crippen LogP contribution in [0.1, 0.15) is 30.4 Å². The summed E-state index contributed by atoms with van der Waals surface area (Å²) in [5.74, 6) is 0.202. The highest BCUT2D eigenvalue weighted by molar-refractivity contribution is 5.79. The molecule has 1 aliphatic heterocycles. The predicted octanol–water partition coefficient (Wildman–Crippen LogP) is 4.16. The van der Waals surface area contributed by atoms with Crippen LogP contribution in [-0.2, 0) is 11.2 Å². The van der Waals surface area contributed by atoms with E-state index in [1.807, 2.05) is 0 Å². The molecule has 1 amide bonds. The van der Waals surface area contributed by atoms with Crippen LogP contribution < -0.4 is 10.1 Å². The molecule has 1 fully saturated rings. The Hall–Kier alpha value is -2.43. The SMILES string of the molecule is Cc1cc(-c2cc(F)cc3c2O[C@H](CNC(=O)C2CCC2)C3)ccc1F. The molecule has 0 bridgehead atoms. The molecule has 0 radical (unpaired) electrons. The van der Waals surface area contributed by atoms with Crippen molar-refractivity contribution in [1.82, 2.24) is 5.32 Å². The summed E-state index contributed by atoms with van der Waals surface area (Å²) in [6, 6.07) is 7.60. The largest absolute Gasteiger partial charge is 0.487 e. The standard InChI is InChI=1S/C21H21F2NO2/c1-12-7-14(5-6-19(12)23)18-10-16(22)8-15-9-17(26-20(15)18)11-24-21(25)13-3-2-4-13/h5-8,10,13,17H,2-4,9,11H2,1H3,(H,24,25)/t17-/m0/s1. The van der Waals surface area contributed by atoms with Gasteiger partial charge in [0, 0.05) is 23.5 Å². The number of hydrogen-bond acceptors (Lipinski definition) is 2. The second-order valence-corrected chi connectivity index (χ2v) is 7.22. The van der Waals surface area contributed by atoms with Crippen LogP contribution in [0.25, 0.3) is 11.1 Å². The first kappa shape index (κ1) is 17.0. The summed E-state index contributed by atoms with van der Waals surface area (Å²) in [6.07, 6.45) is 3.36. The third-order valence-corrected chi connectivity index (χ3v) is 5.31. The summed E-state index contributed by atoms with van der Waals surface area (Å²) in [5.41, 5.74) is 2.63. The number of carbonyl (C=O) groups is 1. The summed E-state index contributed by atoms with van der Waals surface area (Å²) in [6.45, 7) is 2.09. The molecule has 0 aromatic heterocycles. The van der Waals surface area contributed by atoms with Crippen LogP contribution in [0.3, 0.4) is 0 Å². The molecule has 2 aliphatic rings. The molecule has 1 heterocycles. The minimum absolute atomic E-state index is 0.0800.